The summed E-state index contributed by atoms with van der Waals surface area (Å²) in [5, 5.41) is 9.93. The number of rotatable bonds is 5. The van der Waals surface area contributed by atoms with Crippen LogP contribution in [0.5, 0.6) is 5.75 Å². The molecule has 0 bridgehead atoms. The largest absolute Gasteiger partial charge is 0.495 e. The van der Waals surface area contributed by atoms with Crippen LogP contribution in [0.2, 0.25) is 0 Å². The summed E-state index contributed by atoms with van der Waals surface area (Å²) < 4.78 is 23.1. The smallest absolute Gasteiger partial charge is 0.279 e. The second kappa shape index (κ2) is 9.31. The van der Waals surface area contributed by atoms with Crippen LogP contribution < -0.4 is 10.3 Å². The number of halogens is 1. The SMILES string of the molecule is COc1cc(/C=C2\CCCn3c2nc(=O)c(CO)c3-c2ccc(F)cc2)ccc1-n1cnc(C)c1. The summed E-state index contributed by atoms with van der Waals surface area (Å²) in [6.45, 7) is 2.13. The lowest BCUT2D eigenvalue weighted by atomic mass is 9.98. The van der Waals surface area contributed by atoms with Gasteiger partial charge in [-0.2, -0.15) is 4.98 Å². The number of benzene rings is 2. The van der Waals surface area contributed by atoms with Gasteiger partial charge in [-0.15, -0.1) is 0 Å². The monoisotopic (exact) mass is 472 g/mol. The van der Waals surface area contributed by atoms with Crippen LogP contribution in [0.3, 0.4) is 0 Å². The van der Waals surface area contributed by atoms with Crippen molar-refractivity contribution in [1.29, 1.82) is 0 Å². The number of imidazole rings is 1. The molecule has 2 aromatic carbocycles. The van der Waals surface area contributed by atoms with E-state index in [2.05, 4.69) is 9.97 Å². The number of fused-ring (bicyclic) bond motifs is 1. The van der Waals surface area contributed by atoms with Crippen molar-refractivity contribution in [2.45, 2.75) is 32.9 Å². The highest BCUT2D eigenvalue weighted by atomic mass is 19.1. The molecule has 7 nitrogen and oxygen atoms in total. The van der Waals surface area contributed by atoms with Gasteiger partial charge in [-0.3, -0.25) is 4.79 Å². The Morgan fingerprint density at radius 1 is 1.20 bits per heavy atom. The van der Waals surface area contributed by atoms with Crippen LogP contribution in [0.25, 0.3) is 28.6 Å². The fraction of sp³-hybridized carbons (Fsp3) is 0.222. The minimum absolute atomic E-state index is 0.211. The lowest BCUT2D eigenvalue weighted by molar-refractivity contribution is 0.279. The van der Waals surface area contributed by atoms with Gasteiger partial charge in [-0.1, -0.05) is 6.07 Å². The highest BCUT2D eigenvalue weighted by Crippen LogP contribution is 2.33. The predicted octanol–water partition coefficient (Wildman–Crippen LogP) is 4.38. The van der Waals surface area contributed by atoms with Gasteiger partial charge in [0.05, 0.1) is 42.7 Å². The topological polar surface area (TPSA) is 82.2 Å². The Labute approximate surface area is 201 Å². The lowest BCUT2D eigenvalue weighted by Gasteiger charge is -2.26. The van der Waals surface area contributed by atoms with Gasteiger partial charge in [0.25, 0.3) is 5.56 Å². The van der Waals surface area contributed by atoms with Gasteiger partial charge < -0.3 is 19.0 Å². The molecular formula is C27H25FN4O3. The number of ether oxygens (including phenoxy) is 1. The number of aryl methyl sites for hydroxylation is 1. The van der Waals surface area contributed by atoms with Crippen molar-refractivity contribution >= 4 is 11.6 Å². The van der Waals surface area contributed by atoms with E-state index in [1.54, 1.807) is 25.6 Å². The Kier molecular flexibility index (Phi) is 6.05. The molecular weight excluding hydrogens is 447 g/mol. The molecule has 0 saturated carbocycles. The first-order valence-corrected chi connectivity index (χ1v) is 11.4. The van der Waals surface area contributed by atoms with Crippen molar-refractivity contribution in [3.05, 3.63) is 93.8 Å². The molecule has 0 atom stereocenters. The van der Waals surface area contributed by atoms with Crippen LogP contribution in [-0.2, 0) is 13.2 Å². The summed E-state index contributed by atoms with van der Waals surface area (Å²) >= 11 is 0. The summed E-state index contributed by atoms with van der Waals surface area (Å²) in [6.07, 6.45) is 7.27. The average molecular weight is 473 g/mol. The molecule has 35 heavy (non-hydrogen) atoms. The van der Waals surface area contributed by atoms with Crippen molar-refractivity contribution < 1.29 is 14.2 Å². The molecule has 0 spiro atoms. The molecule has 5 rings (SSSR count). The van der Waals surface area contributed by atoms with Gasteiger partial charge in [0.1, 0.15) is 17.4 Å². The summed E-state index contributed by atoms with van der Waals surface area (Å²) in [5.41, 5.74) is 4.59. The number of nitrogens with zero attached hydrogens (tertiary/aromatic N) is 4. The van der Waals surface area contributed by atoms with E-state index in [4.69, 9.17) is 4.74 Å². The Bertz CT molecular complexity index is 1490. The summed E-state index contributed by atoms with van der Waals surface area (Å²) in [6, 6.07) is 11.8. The fourth-order valence-electron chi connectivity index (χ4n) is 4.56. The standard InChI is InChI=1S/C27H25FN4O3/c1-17-14-31(16-29-17)23-10-5-18(13-24(23)35-2)12-20-4-3-11-32-25(19-6-8-21(28)9-7-19)22(15-33)27(34)30-26(20)32/h5-10,12-14,16,33H,3-4,11,15H2,1-2H3/b20-12+. The summed E-state index contributed by atoms with van der Waals surface area (Å²) in [4.78, 5) is 21.5. The molecule has 1 N–H and O–H groups in total. The minimum Gasteiger partial charge on any atom is -0.495 e. The van der Waals surface area contributed by atoms with E-state index in [1.165, 1.54) is 12.1 Å². The Hall–Kier alpha value is -4.04. The lowest BCUT2D eigenvalue weighted by Crippen LogP contribution is -2.26. The first-order valence-electron chi connectivity index (χ1n) is 11.4. The van der Waals surface area contributed by atoms with Crippen molar-refractivity contribution in [2.24, 2.45) is 0 Å². The molecule has 0 unspecified atom stereocenters. The number of hydrogen-bond acceptors (Lipinski definition) is 5. The molecule has 3 heterocycles. The van der Waals surface area contributed by atoms with E-state index < -0.39 is 12.2 Å². The number of aliphatic hydroxyl groups is 1. The van der Waals surface area contributed by atoms with E-state index in [0.29, 0.717) is 29.4 Å². The third-order valence-corrected chi connectivity index (χ3v) is 6.20. The van der Waals surface area contributed by atoms with Crippen LogP contribution in [0, 0.1) is 12.7 Å². The third-order valence-electron chi connectivity index (χ3n) is 6.20. The number of methoxy groups -OCH3 is 1. The highest BCUT2D eigenvalue weighted by molar-refractivity contribution is 5.81. The van der Waals surface area contributed by atoms with Crippen LogP contribution in [0.15, 0.2) is 59.8 Å². The first-order chi connectivity index (χ1) is 17.0. The Morgan fingerprint density at radius 3 is 2.69 bits per heavy atom. The quantitative estimate of drug-likeness (QED) is 0.466. The highest BCUT2D eigenvalue weighted by Gasteiger charge is 2.23. The van der Waals surface area contributed by atoms with E-state index in [0.717, 1.165) is 35.4 Å². The van der Waals surface area contributed by atoms with E-state index >= 15 is 0 Å². The minimum atomic E-state index is -0.478. The number of aliphatic hydroxyl groups excluding tert-OH is 1. The van der Waals surface area contributed by atoms with Crippen molar-refractivity contribution in [3.8, 4) is 22.7 Å². The van der Waals surface area contributed by atoms with Crippen LogP contribution >= 0.6 is 0 Å². The van der Waals surface area contributed by atoms with E-state index in [-0.39, 0.29) is 11.4 Å². The second-order valence-electron chi connectivity index (χ2n) is 8.51. The van der Waals surface area contributed by atoms with Gasteiger partial charge in [-0.05, 0) is 78.9 Å². The molecule has 8 heteroatoms. The van der Waals surface area contributed by atoms with Crippen molar-refractivity contribution in [3.63, 3.8) is 0 Å². The maximum Gasteiger partial charge on any atom is 0.279 e. The van der Waals surface area contributed by atoms with Crippen LogP contribution in [0.1, 0.15) is 35.5 Å². The molecule has 0 saturated heterocycles. The molecule has 4 aromatic rings. The van der Waals surface area contributed by atoms with Gasteiger partial charge in [0.2, 0.25) is 0 Å². The molecule has 178 valence electrons. The van der Waals surface area contributed by atoms with Crippen LogP contribution in [0.4, 0.5) is 4.39 Å². The Balaban J connectivity index is 1.62. The van der Waals surface area contributed by atoms with Crippen molar-refractivity contribution in [2.75, 3.05) is 7.11 Å². The average Bonchev–Trinajstić information content (AvgIpc) is 3.30. The molecule has 1 aliphatic rings. The number of hydrogen-bond donors (Lipinski definition) is 1. The molecule has 2 aromatic heterocycles. The summed E-state index contributed by atoms with van der Waals surface area (Å²) in [7, 11) is 1.63. The Morgan fingerprint density at radius 2 is 2.00 bits per heavy atom. The van der Waals surface area contributed by atoms with Gasteiger partial charge in [-0.25, -0.2) is 9.37 Å². The molecule has 1 aliphatic heterocycles. The second-order valence-corrected chi connectivity index (χ2v) is 8.51. The van der Waals surface area contributed by atoms with E-state index in [9.17, 15) is 14.3 Å². The fourth-order valence-corrected chi connectivity index (χ4v) is 4.56. The van der Waals surface area contributed by atoms with Gasteiger partial charge in [0, 0.05) is 12.7 Å². The maximum absolute atomic E-state index is 13.6. The van der Waals surface area contributed by atoms with E-state index in [1.807, 2.05) is 46.5 Å². The number of aromatic nitrogens is 4. The zero-order chi connectivity index (χ0) is 24.5. The maximum atomic E-state index is 13.6. The normalized spacial score (nSPS) is 14.2. The van der Waals surface area contributed by atoms with Crippen molar-refractivity contribution in [1.82, 2.24) is 19.1 Å². The van der Waals surface area contributed by atoms with Gasteiger partial charge >= 0.3 is 0 Å². The zero-order valence-electron chi connectivity index (χ0n) is 19.5. The molecule has 0 radical (unpaired) electrons. The summed E-state index contributed by atoms with van der Waals surface area (Å²) in [5.74, 6) is 0.894. The molecule has 0 aliphatic carbocycles. The zero-order valence-corrected chi connectivity index (χ0v) is 19.5. The predicted molar refractivity (Wildman–Crippen MR) is 132 cm³/mol. The first kappa shape index (κ1) is 22.7. The third kappa shape index (κ3) is 4.28. The molecule has 0 fully saturated rings. The van der Waals surface area contributed by atoms with Gasteiger partial charge in [0.15, 0.2) is 0 Å². The number of allylic oxidation sites excluding steroid dienone is 1. The molecule has 0 amide bonds. The van der Waals surface area contributed by atoms with Crippen LogP contribution in [-0.4, -0.2) is 31.3 Å².